The molecule has 0 bridgehead atoms. The molecule has 1 aliphatic heterocycles. The highest BCUT2D eigenvalue weighted by Gasteiger charge is 2.48. The van der Waals surface area contributed by atoms with Gasteiger partial charge in [0.1, 0.15) is 5.75 Å². The topological polar surface area (TPSA) is 35.5 Å². The molecule has 0 spiro atoms. The molecule has 0 saturated carbocycles. The van der Waals surface area contributed by atoms with Crippen LogP contribution < -0.4 is 4.74 Å². The number of aryl methyl sites for hydroxylation is 1. The number of rotatable bonds is 5. The Morgan fingerprint density at radius 2 is 2.04 bits per heavy atom. The van der Waals surface area contributed by atoms with Crippen molar-refractivity contribution in [1.82, 2.24) is 0 Å². The van der Waals surface area contributed by atoms with Gasteiger partial charge in [0.2, 0.25) is 6.10 Å². The van der Waals surface area contributed by atoms with Crippen molar-refractivity contribution in [3.05, 3.63) is 33.9 Å². The van der Waals surface area contributed by atoms with E-state index in [2.05, 4.69) is 0 Å². The van der Waals surface area contributed by atoms with Crippen molar-refractivity contribution in [2.45, 2.75) is 45.4 Å². The summed E-state index contributed by atoms with van der Waals surface area (Å²) in [5, 5.41) is 0.440. The van der Waals surface area contributed by atoms with E-state index in [9.17, 15) is 18.0 Å². The van der Waals surface area contributed by atoms with E-state index in [4.69, 9.17) is 21.1 Å². The van der Waals surface area contributed by atoms with Crippen molar-refractivity contribution in [2.75, 3.05) is 6.61 Å². The van der Waals surface area contributed by atoms with Gasteiger partial charge in [-0.3, -0.25) is 0 Å². The first kappa shape index (κ1) is 18.6. The van der Waals surface area contributed by atoms with E-state index in [0.717, 1.165) is 24.5 Å². The Morgan fingerprint density at radius 1 is 1.33 bits per heavy atom. The molecule has 0 fully saturated rings. The van der Waals surface area contributed by atoms with Crippen LogP contribution in [0.25, 0.3) is 6.08 Å². The van der Waals surface area contributed by atoms with Crippen molar-refractivity contribution in [1.29, 1.82) is 0 Å². The van der Waals surface area contributed by atoms with Gasteiger partial charge in [-0.2, -0.15) is 13.2 Å². The Morgan fingerprint density at radius 3 is 2.62 bits per heavy atom. The Bertz CT molecular complexity index is 653. The zero-order valence-corrected chi connectivity index (χ0v) is 14.1. The minimum atomic E-state index is -4.72. The summed E-state index contributed by atoms with van der Waals surface area (Å²) in [6, 6.07) is 3.04. The minimum absolute atomic E-state index is 0.0235. The highest BCUT2D eigenvalue weighted by molar-refractivity contribution is 6.31. The lowest BCUT2D eigenvalue weighted by Crippen LogP contribution is -2.40. The SMILES string of the molecule is CCCCc1cc2c(cc1Cl)C=C(C(=O)OCC)C(C(F)(F)F)O2. The molecule has 1 unspecified atom stereocenters. The summed E-state index contributed by atoms with van der Waals surface area (Å²) in [5.74, 6) is -0.975. The molecule has 2 rings (SSSR count). The van der Waals surface area contributed by atoms with Crippen molar-refractivity contribution in [2.24, 2.45) is 0 Å². The van der Waals surface area contributed by atoms with Gasteiger partial charge in [0, 0.05) is 10.6 Å². The first-order valence-electron chi connectivity index (χ1n) is 7.72. The van der Waals surface area contributed by atoms with Gasteiger partial charge >= 0.3 is 12.1 Å². The van der Waals surface area contributed by atoms with E-state index in [1.807, 2.05) is 6.92 Å². The molecule has 0 saturated heterocycles. The Kier molecular flexibility index (Phi) is 5.80. The molecule has 0 aliphatic carbocycles. The normalized spacial score (nSPS) is 16.9. The van der Waals surface area contributed by atoms with Gasteiger partial charge < -0.3 is 9.47 Å². The van der Waals surface area contributed by atoms with Crippen molar-refractivity contribution < 1.29 is 27.4 Å². The third-order valence-electron chi connectivity index (χ3n) is 3.63. The quantitative estimate of drug-likeness (QED) is 0.695. The standard InChI is InChI=1S/C17H18ClF3O3/c1-3-5-6-10-9-14-11(8-13(10)18)7-12(16(22)23-4-2)15(24-14)17(19,20)21/h7-9,15H,3-6H2,1-2H3. The number of alkyl halides is 3. The molecule has 1 atom stereocenters. The second kappa shape index (κ2) is 7.47. The second-order valence-electron chi connectivity index (χ2n) is 5.44. The van der Waals surface area contributed by atoms with Crippen molar-refractivity contribution in [3.8, 4) is 5.75 Å². The molecule has 3 nitrogen and oxygen atoms in total. The van der Waals surface area contributed by atoms with Gasteiger partial charge in [0.05, 0.1) is 12.2 Å². The number of carbonyl (C=O) groups is 1. The zero-order chi connectivity index (χ0) is 17.9. The van der Waals surface area contributed by atoms with Crippen LogP contribution in [0.1, 0.15) is 37.8 Å². The predicted octanol–water partition coefficient (Wildman–Crippen LogP) is 4.95. The van der Waals surface area contributed by atoms with Gasteiger partial charge in [-0.25, -0.2) is 4.79 Å². The van der Waals surface area contributed by atoms with Gasteiger partial charge in [-0.1, -0.05) is 24.9 Å². The maximum Gasteiger partial charge on any atom is 0.430 e. The molecule has 7 heteroatoms. The van der Waals surface area contributed by atoms with Crippen LogP contribution in [-0.4, -0.2) is 24.9 Å². The van der Waals surface area contributed by atoms with Crippen molar-refractivity contribution >= 4 is 23.6 Å². The number of benzene rings is 1. The molecule has 24 heavy (non-hydrogen) atoms. The fourth-order valence-corrected chi connectivity index (χ4v) is 2.71. The molecule has 132 valence electrons. The third-order valence-corrected chi connectivity index (χ3v) is 3.98. The highest BCUT2D eigenvalue weighted by Crippen LogP contribution is 2.40. The molecule has 1 aromatic rings. The fraction of sp³-hybridized carbons (Fsp3) is 0.471. The molecular weight excluding hydrogens is 345 g/mol. The van der Waals surface area contributed by atoms with Gasteiger partial charge in [0.25, 0.3) is 0 Å². The highest BCUT2D eigenvalue weighted by atomic mass is 35.5. The number of hydrogen-bond donors (Lipinski definition) is 0. The summed E-state index contributed by atoms with van der Waals surface area (Å²) in [7, 11) is 0. The summed E-state index contributed by atoms with van der Waals surface area (Å²) in [6.45, 7) is 3.51. The average Bonchev–Trinajstić information content (AvgIpc) is 2.51. The van der Waals surface area contributed by atoms with Crippen LogP contribution in [0.4, 0.5) is 13.2 Å². The van der Waals surface area contributed by atoms with Crippen LogP contribution in [0.5, 0.6) is 5.75 Å². The van der Waals surface area contributed by atoms with Crippen LogP contribution in [0.2, 0.25) is 5.02 Å². The summed E-state index contributed by atoms with van der Waals surface area (Å²) in [6.07, 6.45) is -3.47. The maximum atomic E-state index is 13.3. The first-order chi connectivity index (χ1) is 11.3. The summed E-state index contributed by atoms with van der Waals surface area (Å²) < 4.78 is 49.6. The van der Waals surface area contributed by atoms with E-state index >= 15 is 0 Å². The van der Waals surface area contributed by atoms with E-state index in [-0.39, 0.29) is 12.4 Å². The Labute approximate surface area is 143 Å². The number of hydrogen-bond acceptors (Lipinski definition) is 3. The molecule has 0 amide bonds. The lowest BCUT2D eigenvalue weighted by Gasteiger charge is -2.28. The molecule has 1 heterocycles. The largest absolute Gasteiger partial charge is 0.475 e. The predicted molar refractivity (Wildman–Crippen MR) is 85.1 cm³/mol. The number of unbranched alkanes of at least 4 members (excludes halogenated alkanes) is 1. The smallest absolute Gasteiger partial charge is 0.430 e. The van der Waals surface area contributed by atoms with Gasteiger partial charge in [0.15, 0.2) is 0 Å². The molecule has 0 N–H and O–H groups in total. The number of halogens is 4. The van der Waals surface area contributed by atoms with Crippen molar-refractivity contribution in [3.63, 3.8) is 0 Å². The minimum Gasteiger partial charge on any atom is -0.475 e. The number of fused-ring (bicyclic) bond motifs is 1. The van der Waals surface area contributed by atoms with E-state index in [1.54, 1.807) is 0 Å². The lowest BCUT2D eigenvalue weighted by molar-refractivity contribution is -0.187. The molecule has 0 aromatic heterocycles. The van der Waals surface area contributed by atoms with E-state index in [0.29, 0.717) is 17.0 Å². The fourth-order valence-electron chi connectivity index (χ4n) is 2.44. The molecule has 0 radical (unpaired) electrons. The lowest BCUT2D eigenvalue weighted by atomic mass is 9.98. The maximum absolute atomic E-state index is 13.3. The van der Waals surface area contributed by atoms with E-state index in [1.165, 1.54) is 19.1 Å². The first-order valence-corrected chi connectivity index (χ1v) is 8.10. The molecule has 1 aliphatic rings. The summed E-state index contributed by atoms with van der Waals surface area (Å²) in [5.41, 5.74) is 0.490. The zero-order valence-electron chi connectivity index (χ0n) is 13.4. The summed E-state index contributed by atoms with van der Waals surface area (Å²) in [4.78, 5) is 11.9. The monoisotopic (exact) mass is 362 g/mol. The Hall–Kier alpha value is -1.69. The third kappa shape index (κ3) is 4.04. The summed E-state index contributed by atoms with van der Waals surface area (Å²) >= 11 is 6.19. The molecular formula is C17H18ClF3O3. The van der Waals surface area contributed by atoms with E-state index < -0.39 is 23.8 Å². The second-order valence-corrected chi connectivity index (χ2v) is 5.85. The molecule has 1 aromatic carbocycles. The number of esters is 1. The van der Waals surface area contributed by atoms with Crippen LogP contribution in [-0.2, 0) is 16.0 Å². The number of ether oxygens (including phenoxy) is 2. The van der Waals surface area contributed by atoms with Gasteiger partial charge in [-0.05, 0) is 43.5 Å². The number of carbonyl (C=O) groups excluding carboxylic acids is 1. The van der Waals surface area contributed by atoms with Gasteiger partial charge in [-0.15, -0.1) is 0 Å². The van der Waals surface area contributed by atoms with Crippen LogP contribution in [0.15, 0.2) is 17.7 Å². The Balaban J connectivity index is 2.45. The van der Waals surface area contributed by atoms with Crippen LogP contribution in [0.3, 0.4) is 0 Å². The van der Waals surface area contributed by atoms with Crippen LogP contribution >= 0.6 is 11.6 Å². The van der Waals surface area contributed by atoms with Crippen LogP contribution in [0, 0.1) is 0 Å². The average molecular weight is 363 g/mol.